The maximum Gasteiger partial charge on any atom is 0.408 e. The van der Waals surface area contributed by atoms with E-state index in [1.165, 1.54) is 12.0 Å². The van der Waals surface area contributed by atoms with Crippen molar-refractivity contribution in [3.63, 3.8) is 0 Å². The van der Waals surface area contributed by atoms with E-state index in [1.54, 1.807) is 7.11 Å². The minimum absolute atomic E-state index is 0.123. The van der Waals surface area contributed by atoms with Gasteiger partial charge in [-0.3, -0.25) is 4.79 Å². The standard InChI is InChI=1S/C26H37BrN2O6/c1-16-13-17(11-12-19(16)27)26(34-6)14-20(23(31)33-5)29(15-26)22(30)21(25(2,3)4)28-24(32)35-18-9-7-8-10-18/h11-13,18,20-21H,7-10,14-15H2,1-6H3,(H,28,32)/t20-,21+,26-/m0/s1. The molecule has 2 amide bonds. The Morgan fingerprint density at radius 2 is 1.83 bits per heavy atom. The van der Waals surface area contributed by atoms with Gasteiger partial charge >= 0.3 is 12.1 Å². The molecule has 1 heterocycles. The Bertz CT molecular complexity index is 956. The second-order valence-electron chi connectivity index (χ2n) is 10.6. The third-order valence-electron chi connectivity index (χ3n) is 7.11. The zero-order chi connectivity index (χ0) is 26.0. The predicted molar refractivity (Wildman–Crippen MR) is 135 cm³/mol. The van der Waals surface area contributed by atoms with Crippen LogP contribution in [-0.2, 0) is 29.4 Å². The van der Waals surface area contributed by atoms with E-state index in [9.17, 15) is 14.4 Å². The number of methoxy groups -OCH3 is 2. The van der Waals surface area contributed by atoms with Crippen LogP contribution in [0.5, 0.6) is 0 Å². The number of nitrogens with zero attached hydrogens (tertiary/aromatic N) is 1. The second kappa shape index (κ2) is 10.9. The van der Waals surface area contributed by atoms with Crippen LogP contribution in [0.15, 0.2) is 22.7 Å². The molecule has 8 nitrogen and oxygen atoms in total. The average Bonchev–Trinajstić information content (AvgIpc) is 3.46. The topological polar surface area (TPSA) is 94.2 Å². The van der Waals surface area contributed by atoms with Gasteiger partial charge in [-0.2, -0.15) is 0 Å². The molecule has 1 saturated heterocycles. The van der Waals surface area contributed by atoms with Gasteiger partial charge in [0, 0.05) is 18.0 Å². The summed E-state index contributed by atoms with van der Waals surface area (Å²) in [5.74, 6) is -0.892. The summed E-state index contributed by atoms with van der Waals surface area (Å²) >= 11 is 3.52. The molecule has 35 heavy (non-hydrogen) atoms. The molecule has 1 aromatic rings. The number of ether oxygens (including phenoxy) is 3. The molecule has 1 saturated carbocycles. The lowest BCUT2D eigenvalue weighted by Gasteiger charge is -2.35. The SMILES string of the molecule is COC(=O)[C@@H]1C[C@@](OC)(c2ccc(Br)c(C)c2)CN1C(=O)[C@@H](NC(=O)OC1CCCC1)C(C)(C)C. The lowest BCUT2D eigenvalue weighted by Crippen LogP contribution is -2.57. The van der Waals surface area contributed by atoms with Gasteiger partial charge in [0.25, 0.3) is 0 Å². The van der Waals surface area contributed by atoms with Crippen LogP contribution in [-0.4, -0.2) is 61.8 Å². The van der Waals surface area contributed by atoms with Crippen LogP contribution >= 0.6 is 15.9 Å². The quantitative estimate of drug-likeness (QED) is 0.523. The van der Waals surface area contributed by atoms with Crippen LogP contribution in [0.4, 0.5) is 4.79 Å². The number of alkyl carbamates (subject to hydrolysis) is 1. The molecule has 194 valence electrons. The number of nitrogens with one attached hydrogen (secondary N) is 1. The van der Waals surface area contributed by atoms with Crippen LogP contribution < -0.4 is 5.32 Å². The summed E-state index contributed by atoms with van der Waals surface area (Å²) in [6.45, 7) is 7.74. The highest BCUT2D eigenvalue weighted by Crippen LogP contribution is 2.41. The van der Waals surface area contributed by atoms with Gasteiger partial charge in [-0.1, -0.05) is 48.8 Å². The van der Waals surface area contributed by atoms with Crippen LogP contribution in [0, 0.1) is 12.3 Å². The molecule has 2 fully saturated rings. The third-order valence-corrected chi connectivity index (χ3v) is 8.00. The summed E-state index contributed by atoms with van der Waals surface area (Å²) in [4.78, 5) is 40.9. The van der Waals surface area contributed by atoms with Crippen LogP contribution in [0.1, 0.15) is 64.0 Å². The summed E-state index contributed by atoms with van der Waals surface area (Å²) in [7, 11) is 2.89. The molecule has 0 radical (unpaired) electrons. The fourth-order valence-electron chi connectivity index (χ4n) is 4.98. The van der Waals surface area contributed by atoms with Crippen LogP contribution in [0.25, 0.3) is 0 Å². The Balaban J connectivity index is 1.91. The van der Waals surface area contributed by atoms with Gasteiger partial charge < -0.3 is 24.4 Å². The number of amides is 2. The highest BCUT2D eigenvalue weighted by molar-refractivity contribution is 9.10. The fourth-order valence-corrected chi connectivity index (χ4v) is 5.22. The van der Waals surface area contributed by atoms with Crippen molar-refractivity contribution in [1.82, 2.24) is 10.2 Å². The predicted octanol–water partition coefficient (Wildman–Crippen LogP) is 4.46. The minimum atomic E-state index is -0.900. The smallest absolute Gasteiger partial charge is 0.408 e. The summed E-state index contributed by atoms with van der Waals surface area (Å²) in [6, 6.07) is 4.11. The molecule has 0 bridgehead atoms. The summed E-state index contributed by atoms with van der Waals surface area (Å²) in [5.41, 5.74) is 0.360. The van der Waals surface area contributed by atoms with E-state index in [-0.39, 0.29) is 25.0 Å². The number of carbonyl (C=O) groups is 3. The number of likely N-dealkylation sites (tertiary alicyclic amines) is 1. The average molecular weight is 553 g/mol. The first-order chi connectivity index (χ1) is 16.4. The molecular weight excluding hydrogens is 516 g/mol. The number of rotatable bonds is 6. The van der Waals surface area contributed by atoms with Gasteiger partial charge in [0.1, 0.15) is 23.8 Å². The van der Waals surface area contributed by atoms with Crippen molar-refractivity contribution in [2.24, 2.45) is 5.41 Å². The number of carbonyl (C=O) groups excluding carboxylic acids is 3. The van der Waals surface area contributed by atoms with Crippen molar-refractivity contribution >= 4 is 33.9 Å². The van der Waals surface area contributed by atoms with E-state index in [4.69, 9.17) is 14.2 Å². The van der Waals surface area contributed by atoms with E-state index in [0.29, 0.717) is 0 Å². The van der Waals surface area contributed by atoms with Crippen LogP contribution in [0.3, 0.4) is 0 Å². The molecule has 1 N–H and O–H groups in total. The van der Waals surface area contributed by atoms with E-state index in [0.717, 1.165) is 41.3 Å². The normalized spacial score (nSPS) is 23.7. The summed E-state index contributed by atoms with van der Waals surface area (Å²) in [6.07, 6.45) is 3.24. The Labute approximate surface area is 216 Å². The van der Waals surface area contributed by atoms with Gasteiger partial charge in [0.2, 0.25) is 5.91 Å². The number of halogens is 1. The molecule has 0 aromatic heterocycles. The molecule has 0 spiro atoms. The monoisotopic (exact) mass is 552 g/mol. The highest BCUT2D eigenvalue weighted by atomic mass is 79.9. The molecule has 3 atom stereocenters. The maximum atomic E-state index is 13.9. The number of hydrogen-bond acceptors (Lipinski definition) is 6. The van der Waals surface area contributed by atoms with Crippen molar-refractivity contribution in [3.05, 3.63) is 33.8 Å². The Morgan fingerprint density at radius 3 is 2.37 bits per heavy atom. The van der Waals surface area contributed by atoms with Gasteiger partial charge in [0.05, 0.1) is 13.7 Å². The second-order valence-corrected chi connectivity index (χ2v) is 11.5. The first-order valence-electron chi connectivity index (χ1n) is 12.1. The Hall–Kier alpha value is -2.13. The van der Waals surface area contributed by atoms with E-state index in [2.05, 4.69) is 21.2 Å². The number of esters is 1. The molecule has 1 aliphatic carbocycles. The Kier molecular flexibility index (Phi) is 8.52. The van der Waals surface area contributed by atoms with Crippen molar-refractivity contribution in [1.29, 1.82) is 0 Å². The zero-order valence-corrected chi connectivity index (χ0v) is 23.1. The van der Waals surface area contributed by atoms with Gasteiger partial charge in [-0.25, -0.2) is 9.59 Å². The number of benzene rings is 1. The minimum Gasteiger partial charge on any atom is -0.467 e. The lowest BCUT2D eigenvalue weighted by atomic mass is 9.85. The molecule has 1 aromatic carbocycles. The molecule has 0 unspecified atom stereocenters. The molecule has 9 heteroatoms. The molecule has 2 aliphatic rings. The fraction of sp³-hybridized carbons (Fsp3) is 0.654. The van der Waals surface area contributed by atoms with Crippen molar-refractivity contribution in [2.75, 3.05) is 20.8 Å². The molecular formula is C26H37BrN2O6. The third kappa shape index (κ3) is 6.00. The number of hydrogen-bond donors (Lipinski definition) is 1. The zero-order valence-electron chi connectivity index (χ0n) is 21.5. The summed E-state index contributed by atoms with van der Waals surface area (Å²) in [5, 5.41) is 2.79. The molecule has 1 aliphatic heterocycles. The Morgan fingerprint density at radius 1 is 1.17 bits per heavy atom. The van der Waals surface area contributed by atoms with E-state index >= 15 is 0 Å². The summed E-state index contributed by atoms with van der Waals surface area (Å²) < 4.78 is 17.6. The van der Waals surface area contributed by atoms with E-state index in [1.807, 2.05) is 45.9 Å². The largest absolute Gasteiger partial charge is 0.467 e. The van der Waals surface area contributed by atoms with Crippen molar-refractivity contribution in [3.8, 4) is 0 Å². The van der Waals surface area contributed by atoms with Gasteiger partial charge in [0.15, 0.2) is 0 Å². The van der Waals surface area contributed by atoms with Gasteiger partial charge in [-0.05, 0) is 55.2 Å². The van der Waals surface area contributed by atoms with E-state index < -0.39 is 35.2 Å². The highest BCUT2D eigenvalue weighted by Gasteiger charge is 2.53. The van der Waals surface area contributed by atoms with Crippen LogP contribution in [0.2, 0.25) is 0 Å². The van der Waals surface area contributed by atoms with Crippen molar-refractivity contribution in [2.45, 2.75) is 83.6 Å². The van der Waals surface area contributed by atoms with Crippen molar-refractivity contribution < 1.29 is 28.6 Å². The molecule has 3 rings (SSSR count). The first-order valence-corrected chi connectivity index (χ1v) is 12.9. The van der Waals surface area contributed by atoms with Gasteiger partial charge in [-0.15, -0.1) is 0 Å². The first kappa shape index (κ1) is 27.5. The lowest BCUT2D eigenvalue weighted by molar-refractivity contribution is -0.152. The number of aryl methyl sites for hydroxylation is 1. The maximum absolute atomic E-state index is 13.9.